The molecule has 3 saturated heterocycles. The van der Waals surface area contributed by atoms with E-state index in [0.29, 0.717) is 43.2 Å². The Labute approximate surface area is 256 Å². The predicted octanol–water partition coefficient (Wildman–Crippen LogP) is -0.212. The summed E-state index contributed by atoms with van der Waals surface area (Å²) in [7, 11) is 1.73. The number of aromatic nitrogens is 1. The van der Waals surface area contributed by atoms with Gasteiger partial charge in [0, 0.05) is 79.3 Å². The van der Waals surface area contributed by atoms with Crippen molar-refractivity contribution in [1.29, 1.82) is 0 Å². The zero-order valence-corrected chi connectivity index (χ0v) is 25.3. The van der Waals surface area contributed by atoms with Gasteiger partial charge in [0.1, 0.15) is 5.70 Å². The van der Waals surface area contributed by atoms with Gasteiger partial charge in [0.15, 0.2) is 5.75 Å². The number of carbonyl (C=O) groups excluding carboxylic acids is 3. The van der Waals surface area contributed by atoms with E-state index in [4.69, 9.17) is 0 Å². The molecule has 1 aromatic heterocycles. The number of aliphatic carboxylic acids is 1. The van der Waals surface area contributed by atoms with E-state index >= 15 is 0 Å². The number of aryl methyl sites for hydroxylation is 1. The predicted molar refractivity (Wildman–Crippen MR) is 155 cm³/mol. The molecule has 5 heterocycles. The van der Waals surface area contributed by atoms with E-state index in [0.717, 1.165) is 6.42 Å². The Hall–Kier alpha value is -3.50. The highest BCUT2D eigenvalue weighted by molar-refractivity contribution is 8.03. The number of likely N-dealkylation sites (tertiary alicyclic amines) is 1. The molecule has 0 spiro atoms. The summed E-state index contributed by atoms with van der Waals surface area (Å²) in [4.78, 5) is 65.3. The van der Waals surface area contributed by atoms with Crippen molar-refractivity contribution in [3.63, 3.8) is 0 Å². The van der Waals surface area contributed by atoms with Crippen molar-refractivity contribution >= 4 is 35.5 Å². The van der Waals surface area contributed by atoms with Crippen LogP contribution in [0.3, 0.4) is 0 Å². The van der Waals surface area contributed by atoms with Crippen molar-refractivity contribution < 1.29 is 38.2 Å². The highest BCUT2D eigenvalue weighted by Crippen LogP contribution is 2.52. The molecule has 7 atom stereocenters. The molecule has 1 aromatic rings. The van der Waals surface area contributed by atoms with Gasteiger partial charge in [-0.05, 0) is 19.8 Å². The molecule has 3 fully saturated rings. The number of alkyl halides is 2. The molecule has 0 saturated carbocycles. The highest BCUT2D eigenvalue weighted by Gasteiger charge is 2.60. The number of hydrogen-bond acceptors (Lipinski definition) is 9. The van der Waals surface area contributed by atoms with Crippen LogP contribution in [0.15, 0.2) is 27.7 Å². The van der Waals surface area contributed by atoms with Gasteiger partial charge in [0.2, 0.25) is 17.2 Å². The first-order valence-corrected chi connectivity index (χ1v) is 15.4. The maximum atomic E-state index is 13.3. The Bertz CT molecular complexity index is 1450. The number of rotatable bonds is 10. The largest absolute Gasteiger partial charge is 0.503 e. The fraction of sp³-hybridized carbons (Fsp3) is 0.607. The minimum Gasteiger partial charge on any atom is -0.503 e. The number of carboxylic acid groups (broad SMARTS) is 1. The van der Waals surface area contributed by atoms with Crippen molar-refractivity contribution in [2.75, 3.05) is 19.6 Å². The second-order valence-corrected chi connectivity index (χ2v) is 13.2. The van der Waals surface area contributed by atoms with Gasteiger partial charge in [0.05, 0.1) is 18.0 Å². The summed E-state index contributed by atoms with van der Waals surface area (Å²) in [6, 6.07) is -0.519. The summed E-state index contributed by atoms with van der Waals surface area (Å²) >= 11 is 1.32. The summed E-state index contributed by atoms with van der Waals surface area (Å²) in [6.07, 6.45) is -0.669. The topological polar surface area (TPSA) is 173 Å². The third kappa shape index (κ3) is 5.94. The number of β-lactam (4-membered cyclic amide) rings is 1. The zero-order chi connectivity index (χ0) is 32.0. The number of amides is 3. The van der Waals surface area contributed by atoms with Crippen LogP contribution in [-0.4, -0.2) is 104 Å². The van der Waals surface area contributed by atoms with Gasteiger partial charge in [-0.1, -0.05) is 6.92 Å². The van der Waals surface area contributed by atoms with E-state index in [1.54, 1.807) is 23.4 Å². The fourth-order valence-electron chi connectivity index (χ4n) is 6.66. The lowest BCUT2D eigenvalue weighted by Crippen LogP contribution is -2.66. The molecule has 44 heavy (non-hydrogen) atoms. The van der Waals surface area contributed by atoms with E-state index in [9.17, 15) is 43.0 Å². The van der Waals surface area contributed by atoms with E-state index in [1.165, 1.54) is 35.8 Å². The molecule has 4 aliphatic heterocycles. The molecule has 16 heteroatoms. The van der Waals surface area contributed by atoms with Crippen LogP contribution in [0.2, 0.25) is 0 Å². The van der Waals surface area contributed by atoms with Crippen LogP contribution in [0.25, 0.3) is 0 Å². The van der Waals surface area contributed by atoms with E-state index in [2.05, 4.69) is 16.0 Å². The van der Waals surface area contributed by atoms with Gasteiger partial charge in [-0.2, -0.15) is 8.78 Å². The van der Waals surface area contributed by atoms with Crippen LogP contribution < -0.4 is 21.4 Å². The molecule has 13 nitrogen and oxygen atoms in total. The summed E-state index contributed by atoms with van der Waals surface area (Å²) < 4.78 is 27.2. The Morgan fingerprint density at radius 1 is 1.25 bits per heavy atom. The monoisotopic (exact) mass is 638 g/mol. The summed E-state index contributed by atoms with van der Waals surface area (Å²) in [5, 5.41) is 28.2. The number of fused-ring (bicyclic) bond motifs is 1. The van der Waals surface area contributed by atoms with Gasteiger partial charge in [-0.15, -0.1) is 11.8 Å². The maximum absolute atomic E-state index is 13.3. The number of carbonyl (C=O) groups is 4. The van der Waals surface area contributed by atoms with Crippen LogP contribution in [0.5, 0.6) is 5.75 Å². The maximum Gasteiger partial charge on any atom is 0.353 e. The number of nitrogens with one attached hydrogen (secondary N) is 3. The fourth-order valence-corrected chi connectivity index (χ4v) is 8.14. The van der Waals surface area contributed by atoms with E-state index in [1.807, 2.05) is 0 Å². The molecule has 0 aliphatic carbocycles. The minimum atomic E-state index is -3.22. The number of thioether (sulfide) groups is 1. The Balaban J connectivity index is 1.16. The van der Waals surface area contributed by atoms with Crippen molar-refractivity contribution in [2.45, 2.75) is 69.1 Å². The summed E-state index contributed by atoms with van der Waals surface area (Å²) in [5.41, 5.74) is 0.122. The molecular formula is C28H36F2N6O7S. The summed E-state index contributed by atoms with van der Waals surface area (Å²) in [6.45, 7) is 5.16. The first-order chi connectivity index (χ1) is 20.8. The van der Waals surface area contributed by atoms with Gasteiger partial charge < -0.3 is 40.5 Å². The molecule has 240 valence electrons. The number of halogens is 2. The molecule has 5 N–H and O–H groups in total. The highest BCUT2D eigenvalue weighted by atomic mass is 32.2. The Kier molecular flexibility index (Phi) is 9.05. The first-order valence-electron chi connectivity index (χ1n) is 14.5. The molecule has 3 amide bonds. The Morgan fingerprint density at radius 3 is 2.66 bits per heavy atom. The van der Waals surface area contributed by atoms with Crippen LogP contribution >= 0.6 is 11.8 Å². The molecule has 1 unspecified atom stereocenters. The van der Waals surface area contributed by atoms with Crippen LogP contribution in [0, 0.1) is 11.8 Å². The Morgan fingerprint density at radius 2 is 1.98 bits per heavy atom. The molecule has 0 radical (unpaired) electrons. The lowest BCUT2D eigenvalue weighted by Gasteiger charge is -2.47. The normalized spacial score (nSPS) is 28.8. The molecular weight excluding hydrogens is 602 g/mol. The first kappa shape index (κ1) is 31.9. The van der Waals surface area contributed by atoms with Crippen molar-refractivity contribution in [2.24, 2.45) is 18.9 Å². The van der Waals surface area contributed by atoms with Crippen LogP contribution in [-0.2, 0) is 32.8 Å². The van der Waals surface area contributed by atoms with E-state index < -0.39 is 59.6 Å². The number of aromatic hydroxyl groups is 1. The second-order valence-electron chi connectivity index (χ2n) is 11.8. The smallest absolute Gasteiger partial charge is 0.353 e. The average Bonchev–Trinajstić information content (AvgIpc) is 3.68. The van der Waals surface area contributed by atoms with Crippen LogP contribution in [0.4, 0.5) is 8.78 Å². The molecule has 4 aliphatic rings. The SMILES string of the molecule is CC(NC(=O)C(F)F)[C@H]1C(=O)N2C(C(=O)O)=C(S[C@@H]3CN[C@H](C(=O)N4CC[C@@H](NCc5cc(=O)c(O)cn5C)C4)C3)[C@H](C)[C@H]12. The molecule has 0 aromatic carbocycles. The third-order valence-electron chi connectivity index (χ3n) is 8.97. The standard InChI is InChI=1S/C28H36F2N6O7S/c1-12-21-20(13(2)33-25(39)24(29)30)27(41)36(21)22(28(42)43)23(12)44-16-7-17(32-9-16)26(40)35-5-4-14(10-35)31-8-15-6-18(37)19(38)11-34(15)3/h6,11-14,16-17,20-21,24,31-32,38H,4-5,7-10H2,1-3H3,(H,33,39)(H,42,43)/t12-,13?,14-,16+,17+,20-,21-/m1/s1. The van der Waals surface area contributed by atoms with Gasteiger partial charge in [-0.3, -0.25) is 19.2 Å². The zero-order valence-electron chi connectivity index (χ0n) is 24.5. The van der Waals surface area contributed by atoms with Gasteiger partial charge in [0.25, 0.3) is 5.91 Å². The third-order valence-corrected chi connectivity index (χ3v) is 10.5. The lowest BCUT2D eigenvalue weighted by molar-refractivity contribution is -0.159. The van der Waals surface area contributed by atoms with E-state index in [-0.39, 0.29) is 28.6 Å². The van der Waals surface area contributed by atoms with Gasteiger partial charge >= 0.3 is 12.4 Å². The van der Waals surface area contributed by atoms with Crippen molar-refractivity contribution in [3.8, 4) is 5.75 Å². The number of pyridine rings is 1. The molecule has 0 bridgehead atoms. The summed E-state index contributed by atoms with van der Waals surface area (Å²) in [5.74, 6) is -4.86. The number of nitrogens with zero attached hydrogens (tertiary/aromatic N) is 3. The van der Waals surface area contributed by atoms with Crippen molar-refractivity contribution in [1.82, 2.24) is 30.3 Å². The average molecular weight is 639 g/mol. The molecule has 5 rings (SSSR count). The van der Waals surface area contributed by atoms with Crippen molar-refractivity contribution in [3.05, 3.63) is 38.8 Å². The lowest BCUT2D eigenvalue weighted by atomic mass is 9.78. The quantitative estimate of drug-likeness (QED) is 0.216. The van der Waals surface area contributed by atoms with Gasteiger partial charge in [-0.25, -0.2) is 4.79 Å². The second kappa shape index (κ2) is 12.5. The minimum absolute atomic E-state index is 0.0277. The van der Waals surface area contributed by atoms with Crippen LogP contribution in [0.1, 0.15) is 32.4 Å². The number of hydrogen-bond donors (Lipinski definition) is 5. The number of carboxylic acids is 1.